The molecule has 2 fully saturated rings. The van der Waals surface area contributed by atoms with Crippen LogP contribution in [0.25, 0.3) is 0 Å². The number of morpholine rings is 1. The Morgan fingerprint density at radius 1 is 1.32 bits per heavy atom. The fourth-order valence-corrected chi connectivity index (χ4v) is 3.34. The fraction of sp³-hybridized carbons (Fsp3) is 0.647. The first kappa shape index (κ1) is 15.4. The van der Waals surface area contributed by atoms with Gasteiger partial charge in [0.05, 0.1) is 30.6 Å². The number of likely N-dealkylation sites (tertiary alicyclic amines) is 1. The molecule has 0 N–H and O–H groups in total. The number of carbonyl (C=O) groups excluding carboxylic acids is 1. The second kappa shape index (κ2) is 7.20. The highest BCUT2D eigenvalue weighted by molar-refractivity contribution is 5.76. The van der Waals surface area contributed by atoms with E-state index < -0.39 is 0 Å². The highest BCUT2D eigenvalue weighted by atomic mass is 16.5. The minimum atomic E-state index is 0.164. The quantitative estimate of drug-likeness (QED) is 0.853. The third-order valence-corrected chi connectivity index (χ3v) is 4.53. The van der Waals surface area contributed by atoms with E-state index in [1.54, 1.807) is 0 Å². The van der Waals surface area contributed by atoms with Gasteiger partial charge in [-0.15, -0.1) is 0 Å². The van der Waals surface area contributed by atoms with Crippen molar-refractivity contribution in [2.45, 2.75) is 38.8 Å². The SMILES string of the molecule is CCC(=O)N1CCC[C@@H]1c1cccc(CN2CCOCC2)n1. The van der Waals surface area contributed by atoms with Gasteiger partial charge in [-0.3, -0.25) is 14.7 Å². The van der Waals surface area contributed by atoms with Crippen LogP contribution in [-0.4, -0.2) is 53.5 Å². The van der Waals surface area contributed by atoms with Crippen LogP contribution >= 0.6 is 0 Å². The number of rotatable bonds is 4. The number of hydrogen-bond donors (Lipinski definition) is 0. The zero-order chi connectivity index (χ0) is 15.4. The van der Waals surface area contributed by atoms with E-state index in [2.05, 4.69) is 23.1 Å². The molecule has 120 valence electrons. The van der Waals surface area contributed by atoms with Gasteiger partial charge in [-0.1, -0.05) is 13.0 Å². The third kappa shape index (κ3) is 3.47. The maximum Gasteiger partial charge on any atom is 0.222 e. The van der Waals surface area contributed by atoms with Crippen LogP contribution in [0.2, 0.25) is 0 Å². The second-order valence-electron chi connectivity index (χ2n) is 6.04. The van der Waals surface area contributed by atoms with Crippen LogP contribution in [-0.2, 0) is 16.1 Å². The molecule has 1 atom stereocenters. The van der Waals surface area contributed by atoms with Gasteiger partial charge >= 0.3 is 0 Å². The van der Waals surface area contributed by atoms with Crippen molar-refractivity contribution in [2.24, 2.45) is 0 Å². The van der Waals surface area contributed by atoms with E-state index in [1.165, 1.54) is 0 Å². The molecule has 5 nitrogen and oxygen atoms in total. The molecule has 1 aromatic heterocycles. The minimum absolute atomic E-state index is 0.164. The van der Waals surface area contributed by atoms with Crippen LogP contribution < -0.4 is 0 Å². The lowest BCUT2D eigenvalue weighted by Gasteiger charge is -2.27. The number of aromatic nitrogens is 1. The number of carbonyl (C=O) groups is 1. The predicted molar refractivity (Wildman–Crippen MR) is 84.3 cm³/mol. The summed E-state index contributed by atoms with van der Waals surface area (Å²) in [7, 11) is 0. The summed E-state index contributed by atoms with van der Waals surface area (Å²) in [5.41, 5.74) is 2.14. The third-order valence-electron chi connectivity index (χ3n) is 4.53. The Balaban J connectivity index is 1.71. The van der Waals surface area contributed by atoms with E-state index in [0.29, 0.717) is 6.42 Å². The first-order chi connectivity index (χ1) is 10.8. The van der Waals surface area contributed by atoms with Gasteiger partial charge < -0.3 is 9.64 Å². The lowest BCUT2D eigenvalue weighted by molar-refractivity contribution is -0.131. The van der Waals surface area contributed by atoms with Gasteiger partial charge in [0.25, 0.3) is 0 Å². The lowest BCUT2D eigenvalue weighted by atomic mass is 10.1. The van der Waals surface area contributed by atoms with Crippen LogP contribution in [0, 0.1) is 0 Å². The van der Waals surface area contributed by atoms with Crippen molar-refractivity contribution < 1.29 is 9.53 Å². The number of pyridine rings is 1. The lowest BCUT2D eigenvalue weighted by Crippen LogP contribution is -2.36. The van der Waals surface area contributed by atoms with Crippen LogP contribution in [0.5, 0.6) is 0 Å². The standard InChI is InChI=1S/C17H25N3O2/c1-2-17(21)20-8-4-7-16(20)15-6-3-5-14(18-15)13-19-9-11-22-12-10-19/h3,5-6,16H,2,4,7-13H2,1H3/t16-/m1/s1. The average molecular weight is 303 g/mol. The van der Waals surface area contributed by atoms with Crippen molar-refractivity contribution in [3.63, 3.8) is 0 Å². The highest BCUT2D eigenvalue weighted by Crippen LogP contribution is 2.31. The molecule has 1 aromatic rings. The highest BCUT2D eigenvalue weighted by Gasteiger charge is 2.30. The fourth-order valence-electron chi connectivity index (χ4n) is 3.34. The number of ether oxygens (including phenoxy) is 1. The smallest absolute Gasteiger partial charge is 0.222 e. The minimum Gasteiger partial charge on any atom is -0.379 e. The van der Waals surface area contributed by atoms with Gasteiger partial charge in [-0.2, -0.15) is 0 Å². The molecule has 2 aliphatic heterocycles. The normalized spacial score (nSPS) is 23.0. The van der Waals surface area contributed by atoms with E-state index in [9.17, 15) is 4.79 Å². The van der Waals surface area contributed by atoms with Crippen molar-refractivity contribution in [2.75, 3.05) is 32.8 Å². The van der Waals surface area contributed by atoms with E-state index in [4.69, 9.17) is 9.72 Å². The summed E-state index contributed by atoms with van der Waals surface area (Å²) >= 11 is 0. The molecule has 0 unspecified atom stereocenters. The Labute approximate surface area is 132 Å². The van der Waals surface area contributed by atoms with E-state index >= 15 is 0 Å². The molecule has 2 aliphatic rings. The number of hydrogen-bond acceptors (Lipinski definition) is 4. The second-order valence-corrected chi connectivity index (χ2v) is 6.04. The number of amides is 1. The molecule has 3 heterocycles. The monoisotopic (exact) mass is 303 g/mol. The maximum atomic E-state index is 12.1. The Bertz CT molecular complexity index is 514. The molecule has 0 aromatic carbocycles. The molecule has 3 rings (SSSR count). The van der Waals surface area contributed by atoms with Gasteiger partial charge in [0.1, 0.15) is 0 Å². The maximum absolute atomic E-state index is 12.1. The topological polar surface area (TPSA) is 45.7 Å². The molecular formula is C17H25N3O2. The molecular weight excluding hydrogens is 278 g/mol. The largest absolute Gasteiger partial charge is 0.379 e. The van der Waals surface area contributed by atoms with E-state index in [1.807, 2.05) is 11.8 Å². The van der Waals surface area contributed by atoms with Crippen LogP contribution in [0.4, 0.5) is 0 Å². The zero-order valence-electron chi connectivity index (χ0n) is 13.3. The number of nitrogens with zero attached hydrogens (tertiary/aromatic N) is 3. The summed E-state index contributed by atoms with van der Waals surface area (Å²) in [5, 5.41) is 0. The molecule has 2 saturated heterocycles. The molecule has 1 amide bonds. The van der Waals surface area contributed by atoms with Crippen LogP contribution in [0.15, 0.2) is 18.2 Å². The van der Waals surface area contributed by atoms with E-state index in [0.717, 1.165) is 63.6 Å². The predicted octanol–water partition coefficient (Wildman–Crippen LogP) is 1.99. The van der Waals surface area contributed by atoms with Gasteiger partial charge in [0, 0.05) is 32.6 Å². The summed E-state index contributed by atoms with van der Waals surface area (Å²) in [4.78, 5) is 21.3. The first-order valence-electron chi connectivity index (χ1n) is 8.33. The van der Waals surface area contributed by atoms with E-state index in [-0.39, 0.29) is 11.9 Å². The van der Waals surface area contributed by atoms with Gasteiger partial charge in [0.2, 0.25) is 5.91 Å². The summed E-state index contributed by atoms with van der Waals surface area (Å²) in [6, 6.07) is 6.39. The summed E-state index contributed by atoms with van der Waals surface area (Å²) < 4.78 is 5.39. The van der Waals surface area contributed by atoms with Crippen molar-refractivity contribution in [3.8, 4) is 0 Å². The van der Waals surface area contributed by atoms with Crippen molar-refractivity contribution >= 4 is 5.91 Å². The van der Waals surface area contributed by atoms with Crippen molar-refractivity contribution in [1.29, 1.82) is 0 Å². The molecule has 0 aliphatic carbocycles. The molecule has 0 spiro atoms. The molecule has 0 saturated carbocycles. The molecule has 22 heavy (non-hydrogen) atoms. The molecule has 5 heteroatoms. The zero-order valence-corrected chi connectivity index (χ0v) is 13.3. The summed E-state index contributed by atoms with van der Waals surface area (Å²) in [5.74, 6) is 0.239. The first-order valence-corrected chi connectivity index (χ1v) is 8.33. The Hall–Kier alpha value is -1.46. The molecule has 0 bridgehead atoms. The van der Waals surface area contributed by atoms with Crippen LogP contribution in [0.1, 0.15) is 43.6 Å². The van der Waals surface area contributed by atoms with Gasteiger partial charge in [0.15, 0.2) is 0 Å². The van der Waals surface area contributed by atoms with Crippen molar-refractivity contribution in [1.82, 2.24) is 14.8 Å². The average Bonchev–Trinajstić information content (AvgIpc) is 3.05. The van der Waals surface area contributed by atoms with Gasteiger partial charge in [-0.05, 0) is 25.0 Å². The Kier molecular flexibility index (Phi) is 5.05. The Morgan fingerprint density at radius 3 is 2.91 bits per heavy atom. The van der Waals surface area contributed by atoms with Gasteiger partial charge in [-0.25, -0.2) is 0 Å². The Morgan fingerprint density at radius 2 is 2.14 bits per heavy atom. The summed E-state index contributed by atoms with van der Waals surface area (Å²) in [6.07, 6.45) is 2.68. The van der Waals surface area contributed by atoms with Crippen LogP contribution in [0.3, 0.4) is 0 Å². The summed E-state index contributed by atoms with van der Waals surface area (Å²) in [6.45, 7) is 7.21. The molecule has 0 radical (unpaired) electrons. The van der Waals surface area contributed by atoms with Crippen molar-refractivity contribution in [3.05, 3.63) is 29.6 Å².